The predicted molar refractivity (Wildman–Crippen MR) is 124 cm³/mol. The molecule has 0 radical (unpaired) electrons. The van der Waals surface area contributed by atoms with Crippen molar-refractivity contribution in [1.29, 1.82) is 0 Å². The van der Waals surface area contributed by atoms with Gasteiger partial charge in [-0.15, -0.1) is 0 Å². The van der Waals surface area contributed by atoms with Crippen molar-refractivity contribution < 1.29 is 14.4 Å². The minimum atomic E-state index is -0.523. The van der Waals surface area contributed by atoms with Gasteiger partial charge in [0.1, 0.15) is 12.6 Å². The number of piperidine rings is 1. The van der Waals surface area contributed by atoms with Crippen molar-refractivity contribution in [2.75, 3.05) is 18.4 Å². The van der Waals surface area contributed by atoms with E-state index < -0.39 is 12.1 Å². The smallest absolute Gasteiger partial charge is 0.324 e. The lowest BCUT2D eigenvalue weighted by atomic mass is 9.93. The molecule has 0 aromatic heterocycles. The molecule has 2 saturated heterocycles. The Bertz CT molecular complexity index is 1040. The van der Waals surface area contributed by atoms with Gasteiger partial charge < -0.3 is 15.5 Å². The minimum Gasteiger partial charge on any atom is -0.324 e. The highest BCUT2D eigenvalue weighted by atomic mass is 35.5. The molecule has 4 rings (SSSR count). The number of hydrogen-bond donors (Lipinski definition) is 2. The predicted octanol–water partition coefficient (Wildman–Crippen LogP) is 3.83. The molecule has 9 heteroatoms. The summed E-state index contributed by atoms with van der Waals surface area (Å²) in [5.41, 5.74) is 2.44. The van der Waals surface area contributed by atoms with Crippen LogP contribution < -0.4 is 10.6 Å². The number of aryl methyl sites for hydroxylation is 1. The fourth-order valence-electron chi connectivity index (χ4n) is 4.15. The molecule has 32 heavy (non-hydrogen) atoms. The van der Waals surface area contributed by atoms with Gasteiger partial charge in [-0.2, -0.15) is 0 Å². The molecule has 2 aromatic rings. The Hall–Kier alpha value is -2.61. The van der Waals surface area contributed by atoms with Crippen molar-refractivity contribution in [2.24, 2.45) is 0 Å². The van der Waals surface area contributed by atoms with Crippen LogP contribution in [0.2, 0.25) is 10.0 Å². The van der Waals surface area contributed by atoms with E-state index >= 15 is 0 Å². The van der Waals surface area contributed by atoms with Crippen molar-refractivity contribution in [3.05, 3.63) is 63.6 Å². The quantitative estimate of drug-likeness (QED) is 0.689. The number of benzene rings is 2. The molecule has 0 aliphatic carbocycles. The van der Waals surface area contributed by atoms with Gasteiger partial charge in [-0.05, 0) is 50.1 Å². The highest BCUT2D eigenvalue weighted by Crippen LogP contribution is 2.27. The van der Waals surface area contributed by atoms with Gasteiger partial charge in [0.15, 0.2) is 0 Å². The Morgan fingerprint density at radius 3 is 2.59 bits per heavy atom. The van der Waals surface area contributed by atoms with Crippen LogP contribution in [0.25, 0.3) is 0 Å². The molecule has 2 aliphatic rings. The van der Waals surface area contributed by atoms with Gasteiger partial charge in [0, 0.05) is 5.69 Å². The first-order chi connectivity index (χ1) is 15.3. The van der Waals surface area contributed by atoms with Crippen molar-refractivity contribution in [3.8, 4) is 0 Å². The van der Waals surface area contributed by atoms with Crippen LogP contribution in [0.4, 0.5) is 10.5 Å². The van der Waals surface area contributed by atoms with Crippen LogP contribution in [-0.4, -0.2) is 52.8 Å². The maximum Gasteiger partial charge on any atom is 0.327 e. The number of amides is 4. The minimum absolute atomic E-state index is 0.160. The van der Waals surface area contributed by atoms with E-state index in [0.717, 1.165) is 17.5 Å². The number of halogens is 2. The van der Waals surface area contributed by atoms with Gasteiger partial charge in [0.25, 0.3) is 0 Å². The van der Waals surface area contributed by atoms with E-state index in [1.807, 2.05) is 31.2 Å². The van der Waals surface area contributed by atoms with Gasteiger partial charge in [-0.25, -0.2) is 4.79 Å². The Kier molecular flexibility index (Phi) is 6.69. The number of hydrogen-bond acceptors (Lipinski definition) is 4. The Labute approximate surface area is 196 Å². The molecule has 168 valence electrons. The molecule has 2 fully saturated rings. The number of carbonyl (C=O) groups excluding carboxylic acids is 3. The van der Waals surface area contributed by atoms with Gasteiger partial charge in [0.05, 0.1) is 22.6 Å². The van der Waals surface area contributed by atoms with E-state index in [2.05, 4.69) is 10.6 Å². The summed E-state index contributed by atoms with van der Waals surface area (Å²) in [6, 6.07) is 11.1. The number of urea groups is 1. The van der Waals surface area contributed by atoms with E-state index in [-0.39, 0.29) is 30.9 Å². The highest BCUT2D eigenvalue weighted by Gasteiger charge is 2.47. The molecule has 2 atom stereocenters. The highest BCUT2D eigenvalue weighted by molar-refractivity contribution is 6.42. The van der Waals surface area contributed by atoms with E-state index in [1.165, 1.54) is 9.80 Å². The molecule has 4 amide bonds. The number of imide groups is 1. The van der Waals surface area contributed by atoms with Crippen molar-refractivity contribution in [1.82, 2.24) is 15.1 Å². The first-order valence-corrected chi connectivity index (χ1v) is 11.2. The monoisotopic (exact) mass is 474 g/mol. The van der Waals surface area contributed by atoms with Gasteiger partial charge in [-0.1, -0.05) is 53.0 Å². The summed E-state index contributed by atoms with van der Waals surface area (Å²) in [6.45, 7) is 2.67. The molecule has 0 spiro atoms. The number of carbonyl (C=O) groups is 3. The van der Waals surface area contributed by atoms with Crippen molar-refractivity contribution >= 4 is 46.7 Å². The summed E-state index contributed by atoms with van der Waals surface area (Å²) in [7, 11) is 0. The summed E-state index contributed by atoms with van der Waals surface area (Å²) in [6.07, 6.45) is 1.48. The maximum absolute atomic E-state index is 13.3. The second kappa shape index (κ2) is 9.48. The summed E-state index contributed by atoms with van der Waals surface area (Å²) in [4.78, 5) is 42.0. The van der Waals surface area contributed by atoms with E-state index in [4.69, 9.17) is 23.2 Å². The largest absolute Gasteiger partial charge is 0.327 e. The molecular formula is C23H24Cl2N4O3. The van der Waals surface area contributed by atoms with Crippen LogP contribution in [0.1, 0.15) is 24.0 Å². The van der Waals surface area contributed by atoms with Gasteiger partial charge in [-0.3, -0.25) is 14.5 Å². The lowest BCUT2D eigenvalue weighted by Crippen LogP contribution is -2.70. The standard InChI is InChI=1S/C23H24Cl2N4O3/c1-14-4-6-15(7-5-14)12-29-22(31)21-19(3-2-10-26-21)28(23(29)32)13-20(30)27-16-8-9-17(24)18(25)11-16/h4-9,11,19,21,26H,2-3,10,12-13H2,1H3,(H,27,30). The van der Waals surface area contributed by atoms with Crippen LogP contribution in [0.3, 0.4) is 0 Å². The Morgan fingerprint density at radius 2 is 1.88 bits per heavy atom. The SMILES string of the molecule is Cc1ccc(CN2C(=O)C3NCCCC3N(CC(=O)Nc3ccc(Cl)c(Cl)c3)C2=O)cc1. The maximum atomic E-state index is 13.3. The average Bonchev–Trinajstić information content (AvgIpc) is 2.78. The number of rotatable bonds is 5. The average molecular weight is 475 g/mol. The first kappa shape index (κ1) is 22.6. The molecule has 7 nitrogen and oxygen atoms in total. The Balaban J connectivity index is 1.53. The third kappa shape index (κ3) is 4.75. The number of fused-ring (bicyclic) bond motifs is 1. The van der Waals surface area contributed by atoms with Crippen LogP contribution in [-0.2, 0) is 16.1 Å². The van der Waals surface area contributed by atoms with Crippen LogP contribution >= 0.6 is 23.2 Å². The number of anilines is 1. The molecular weight excluding hydrogens is 451 g/mol. The van der Waals surface area contributed by atoms with Crippen molar-refractivity contribution in [2.45, 2.75) is 38.4 Å². The van der Waals surface area contributed by atoms with Gasteiger partial charge in [0.2, 0.25) is 11.8 Å². The molecule has 2 heterocycles. The third-order valence-corrected chi connectivity index (χ3v) is 6.55. The zero-order valence-corrected chi connectivity index (χ0v) is 19.1. The van der Waals surface area contributed by atoms with Crippen LogP contribution in [0, 0.1) is 6.92 Å². The zero-order chi connectivity index (χ0) is 22.8. The number of nitrogens with one attached hydrogen (secondary N) is 2. The summed E-state index contributed by atoms with van der Waals surface area (Å²) < 4.78 is 0. The Morgan fingerprint density at radius 1 is 1.12 bits per heavy atom. The van der Waals surface area contributed by atoms with Crippen molar-refractivity contribution in [3.63, 3.8) is 0 Å². The molecule has 0 saturated carbocycles. The number of nitrogens with zero attached hydrogens (tertiary/aromatic N) is 2. The summed E-state index contributed by atoms with van der Waals surface area (Å²) >= 11 is 12.0. The van der Waals surface area contributed by atoms with Crippen LogP contribution in [0.5, 0.6) is 0 Å². The molecule has 0 bridgehead atoms. The summed E-state index contributed by atoms with van der Waals surface area (Å²) in [5.74, 6) is -0.618. The zero-order valence-electron chi connectivity index (χ0n) is 17.6. The molecule has 2 aromatic carbocycles. The topological polar surface area (TPSA) is 81.8 Å². The third-order valence-electron chi connectivity index (χ3n) is 5.81. The summed E-state index contributed by atoms with van der Waals surface area (Å²) in [5, 5.41) is 6.70. The van der Waals surface area contributed by atoms with Gasteiger partial charge >= 0.3 is 6.03 Å². The second-order valence-electron chi connectivity index (χ2n) is 8.14. The normalized spacial score (nSPS) is 20.8. The van der Waals surface area contributed by atoms with Crippen LogP contribution in [0.15, 0.2) is 42.5 Å². The fourth-order valence-corrected chi connectivity index (χ4v) is 4.45. The lowest BCUT2D eigenvalue weighted by molar-refractivity contribution is -0.138. The van der Waals surface area contributed by atoms with E-state index in [0.29, 0.717) is 28.7 Å². The van der Waals surface area contributed by atoms with E-state index in [9.17, 15) is 14.4 Å². The molecule has 2 unspecified atom stereocenters. The van der Waals surface area contributed by atoms with E-state index in [1.54, 1.807) is 18.2 Å². The second-order valence-corrected chi connectivity index (χ2v) is 8.95. The lowest BCUT2D eigenvalue weighted by Gasteiger charge is -2.46. The fraction of sp³-hybridized carbons (Fsp3) is 0.348. The molecule has 2 N–H and O–H groups in total. The molecule has 2 aliphatic heterocycles. The first-order valence-electron chi connectivity index (χ1n) is 10.5.